The maximum atomic E-state index is 11.9. The van der Waals surface area contributed by atoms with Gasteiger partial charge >= 0.3 is 12.2 Å². The minimum absolute atomic E-state index is 0.249. The van der Waals surface area contributed by atoms with Gasteiger partial charge in [0.15, 0.2) is 0 Å². The van der Waals surface area contributed by atoms with Crippen molar-refractivity contribution in [1.82, 2.24) is 4.90 Å². The average molecular weight is 291 g/mol. The average Bonchev–Trinajstić information content (AvgIpc) is 2.33. The first-order valence-electron chi connectivity index (χ1n) is 6.16. The molecular weight excluding hydrogens is 274 g/mol. The molecule has 0 atom stereocenters. The number of imide groups is 1. The SMILES string of the molecule is CC(C)(C)OC(=O)N(Cc1cc(N)ccc1C#N)C(=O)O. The van der Waals surface area contributed by atoms with E-state index in [4.69, 9.17) is 20.8 Å². The van der Waals surface area contributed by atoms with Crippen molar-refractivity contribution in [2.24, 2.45) is 0 Å². The van der Waals surface area contributed by atoms with Crippen molar-refractivity contribution < 1.29 is 19.4 Å². The molecule has 112 valence electrons. The largest absolute Gasteiger partial charge is 0.465 e. The summed E-state index contributed by atoms with van der Waals surface area (Å²) in [5.74, 6) is 0. The maximum absolute atomic E-state index is 11.9. The number of rotatable bonds is 2. The Morgan fingerprint density at radius 1 is 1.43 bits per heavy atom. The van der Waals surface area contributed by atoms with Crippen molar-refractivity contribution in [1.29, 1.82) is 5.26 Å². The summed E-state index contributed by atoms with van der Waals surface area (Å²) in [4.78, 5) is 23.6. The minimum atomic E-state index is -1.46. The van der Waals surface area contributed by atoms with E-state index in [1.165, 1.54) is 18.2 Å². The van der Waals surface area contributed by atoms with Gasteiger partial charge in [-0.1, -0.05) is 0 Å². The van der Waals surface area contributed by atoms with Gasteiger partial charge in [0.05, 0.1) is 18.2 Å². The van der Waals surface area contributed by atoms with Crippen LogP contribution in [0.4, 0.5) is 15.3 Å². The fourth-order valence-corrected chi connectivity index (χ4v) is 1.55. The van der Waals surface area contributed by atoms with Gasteiger partial charge in [-0.2, -0.15) is 5.26 Å². The van der Waals surface area contributed by atoms with Gasteiger partial charge in [-0.15, -0.1) is 0 Å². The molecule has 0 saturated heterocycles. The van der Waals surface area contributed by atoms with E-state index in [1.54, 1.807) is 20.8 Å². The lowest BCUT2D eigenvalue weighted by atomic mass is 10.1. The number of nitrogens with zero attached hydrogens (tertiary/aromatic N) is 2. The van der Waals surface area contributed by atoms with Gasteiger partial charge in [-0.3, -0.25) is 0 Å². The summed E-state index contributed by atoms with van der Waals surface area (Å²) >= 11 is 0. The van der Waals surface area contributed by atoms with E-state index in [-0.39, 0.29) is 12.1 Å². The smallest absolute Gasteiger partial charge is 0.420 e. The summed E-state index contributed by atoms with van der Waals surface area (Å²) in [7, 11) is 0. The van der Waals surface area contributed by atoms with Gasteiger partial charge in [-0.25, -0.2) is 14.5 Å². The van der Waals surface area contributed by atoms with Crippen LogP contribution in [0.3, 0.4) is 0 Å². The van der Waals surface area contributed by atoms with E-state index in [0.717, 1.165) is 0 Å². The number of nitrogens with two attached hydrogens (primary N) is 1. The molecule has 0 heterocycles. The molecule has 7 nitrogen and oxygen atoms in total. The normalized spacial score (nSPS) is 10.6. The van der Waals surface area contributed by atoms with E-state index in [0.29, 0.717) is 16.2 Å². The molecule has 0 unspecified atom stereocenters. The topological polar surface area (TPSA) is 117 Å². The molecule has 21 heavy (non-hydrogen) atoms. The standard InChI is InChI=1S/C14H17N3O4/c1-14(2,3)21-13(20)17(12(18)19)8-10-6-11(16)5-4-9(10)7-15/h4-6H,8,16H2,1-3H3,(H,18,19). The Labute approximate surface area is 122 Å². The highest BCUT2D eigenvalue weighted by Crippen LogP contribution is 2.17. The number of carbonyl (C=O) groups is 2. The molecule has 2 amide bonds. The number of anilines is 1. The van der Waals surface area contributed by atoms with Gasteiger partial charge < -0.3 is 15.6 Å². The van der Waals surface area contributed by atoms with Gasteiger partial charge in [0.1, 0.15) is 5.60 Å². The monoisotopic (exact) mass is 291 g/mol. The molecule has 0 spiro atoms. The van der Waals surface area contributed by atoms with E-state index < -0.39 is 17.8 Å². The maximum Gasteiger partial charge on any atom is 0.420 e. The lowest BCUT2D eigenvalue weighted by Crippen LogP contribution is -2.39. The van der Waals surface area contributed by atoms with Crippen LogP contribution in [0.25, 0.3) is 0 Å². The zero-order valence-electron chi connectivity index (χ0n) is 12.1. The summed E-state index contributed by atoms with van der Waals surface area (Å²) in [5, 5.41) is 18.2. The first-order chi connectivity index (χ1) is 9.64. The summed E-state index contributed by atoms with van der Waals surface area (Å²) in [6.45, 7) is 4.59. The molecule has 0 aliphatic heterocycles. The van der Waals surface area contributed by atoms with E-state index in [1.807, 2.05) is 6.07 Å². The number of hydrogen-bond donors (Lipinski definition) is 2. The first kappa shape index (κ1) is 16.3. The molecule has 1 aromatic rings. The second-order valence-corrected chi connectivity index (χ2v) is 5.38. The quantitative estimate of drug-likeness (QED) is 0.809. The van der Waals surface area contributed by atoms with Crippen molar-refractivity contribution in [3.05, 3.63) is 29.3 Å². The van der Waals surface area contributed by atoms with E-state index in [9.17, 15) is 9.59 Å². The van der Waals surface area contributed by atoms with Crippen LogP contribution >= 0.6 is 0 Å². The highest BCUT2D eigenvalue weighted by molar-refractivity contribution is 5.87. The zero-order chi connectivity index (χ0) is 16.2. The van der Waals surface area contributed by atoms with Crippen molar-refractivity contribution in [3.8, 4) is 6.07 Å². The lowest BCUT2D eigenvalue weighted by Gasteiger charge is -2.24. The third-order valence-corrected chi connectivity index (χ3v) is 2.42. The molecule has 0 radical (unpaired) electrons. The predicted molar refractivity (Wildman–Crippen MR) is 75.4 cm³/mol. The van der Waals surface area contributed by atoms with Crippen LogP contribution in [0.1, 0.15) is 31.9 Å². The first-order valence-corrected chi connectivity index (χ1v) is 6.16. The van der Waals surface area contributed by atoms with Crippen LogP contribution in [0.5, 0.6) is 0 Å². The lowest BCUT2D eigenvalue weighted by molar-refractivity contribution is 0.0255. The molecule has 0 aliphatic rings. The van der Waals surface area contributed by atoms with Crippen molar-refractivity contribution >= 4 is 17.9 Å². The van der Waals surface area contributed by atoms with Crippen LogP contribution in [-0.4, -0.2) is 27.8 Å². The molecule has 0 aliphatic carbocycles. The fraction of sp³-hybridized carbons (Fsp3) is 0.357. The van der Waals surface area contributed by atoms with Crippen LogP contribution < -0.4 is 5.73 Å². The summed E-state index contributed by atoms with van der Waals surface area (Å²) < 4.78 is 5.03. The number of amides is 2. The number of ether oxygens (including phenoxy) is 1. The Kier molecular flexibility index (Phi) is 4.76. The molecule has 7 heteroatoms. The highest BCUT2D eigenvalue weighted by atomic mass is 16.6. The molecular formula is C14H17N3O4. The van der Waals surface area contributed by atoms with Crippen LogP contribution in [0, 0.1) is 11.3 Å². The molecule has 0 bridgehead atoms. The highest BCUT2D eigenvalue weighted by Gasteiger charge is 2.27. The number of benzene rings is 1. The van der Waals surface area contributed by atoms with E-state index in [2.05, 4.69) is 0 Å². The van der Waals surface area contributed by atoms with Gasteiger partial charge in [0.2, 0.25) is 0 Å². The molecule has 3 N–H and O–H groups in total. The molecule has 0 aromatic heterocycles. The number of carbonyl (C=O) groups excluding carboxylic acids is 1. The number of hydrogen-bond acceptors (Lipinski definition) is 5. The number of carboxylic acid groups (broad SMARTS) is 1. The Balaban J connectivity index is 3.05. The third kappa shape index (κ3) is 4.69. The van der Waals surface area contributed by atoms with Crippen molar-refractivity contribution in [3.63, 3.8) is 0 Å². The summed E-state index contributed by atoms with van der Waals surface area (Å²) in [6, 6.07) is 6.38. The second kappa shape index (κ2) is 6.13. The Morgan fingerprint density at radius 2 is 2.05 bits per heavy atom. The molecule has 0 fully saturated rings. The van der Waals surface area contributed by atoms with Gasteiger partial charge in [0, 0.05) is 5.69 Å². The van der Waals surface area contributed by atoms with Crippen molar-refractivity contribution in [2.45, 2.75) is 32.9 Å². The van der Waals surface area contributed by atoms with Crippen molar-refractivity contribution in [2.75, 3.05) is 5.73 Å². The molecule has 1 aromatic carbocycles. The van der Waals surface area contributed by atoms with Crippen LogP contribution in [-0.2, 0) is 11.3 Å². The zero-order valence-corrected chi connectivity index (χ0v) is 12.1. The fourth-order valence-electron chi connectivity index (χ4n) is 1.55. The van der Waals surface area contributed by atoms with Crippen LogP contribution in [0.2, 0.25) is 0 Å². The number of nitriles is 1. The minimum Gasteiger partial charge on any atom is -0.465 e. The molecule has 1 rings (SSSR count). The Hall–Kier alpha value is -2.75. The Morgan fingerprint density at radius 3 is 2.52 bits per heavy atom. The summed E-state index contributed by atoms with van der Waals surface area (Å²) in [6.07, 6.45) is -2.46. The van der Waals surface area contributed by atoms with E-state index >= 15 is 0 Å². The predicted octanol–water partition coefficient (Wildman–Crippen LogP) is 2.56. The third-order valence-electron chi connectivity index (χ3n) is 2.42. The molecule has 0 saturated carbocycles. The Bertz CT molecular complexity index is 599. The summed E-state index contributed by atoms with van der Waals surface area (Å²) in [5.41, 5.74) is 5.76. The van der Waals surface area contributed by atoms with Gasteiger partial charge in [-0.05, 0) is 44.5 Å². The second-order valence-electron chi connectivity index (χ2n) is 5.38. The van der Waals surface area contributed by atoms with Crippen LogP contribution in [0.15, 0.2) is 18.2 Å². The number of nitrogen functional groups attached to an aromatic ring is 1. The van der Waals surface area contributed by atoms with Gasteiger partial charge in [0.25, 0.3) is 0 Å².